The molecule has 0 amide bonds. The number of hydrogen-bond acceptors (Lipinski definition) is 6. The molecule has 0 unspecified atom stereocenters. The van der Waals surface area contributed by atoms with Crippen LogP contribution in [0, 0.1) is 13.8 Å². The molecule has 2 N–H and O–H groups in total. The first-order chi connectivity index (χ1) is 10.5. The van der Waals surface area contributed by atoms with E-state index in [4.69, 9.17) is 0 Å². The molecule has 0 spiro atoms. The highest BCUT2D eigenvalue weighted by Gasteiger charge is 2.11. The number of aromatic nitrogens is 2. The second-order valence-electron chi connectivity index (χ2n) is 4.82. The van der Waals surface area contributed by atoms with Crippen LogP contribution in [0.5, 0.6) is 11.5 Å². The average molecular weight is 315 g/mol. The van der Waals surface area contributed by atoms with E-state index >= 15 is 0 Å². The molecule has 0 saturated carbocycles. The Kier molecular flexibility index (Phi) is 3.42. The monoisotopic (exact) mass is 315 g/mol. The molecule has 0 saturated heterocycles. The summed E-state index contributed by atoms with van der Waals surface area (Å²) < 4.78 is 1.12. The summed E-state index contributed by atoms with van der Waals surface area (Å²) in [6.07, 6.45) is 2.65. The zero-order chi connectivity index (χ0) is 15.9. The van der Waals surface area contributed by atoms with E-state index in [9.17, 15) is 15.0 Å². The fraction of sp³-hybridized carbons (Fsp3) is 0.133. The van der Waals surface area contributed by atoms with E-state index in [-0.39, 0.29) is 17.1 Å². The van der Waals surface area contributed by atoms with Crippen molar-refractivity contribution in [3.8, 4) is 11.5 Å². The second kappa shape index (κ2) is 5.27. The smallest absolute Gasteiger partial charge is 0.282 e. The molecule has 1 aromatic carbocycles. The summed E-state index contributed by atoms with van der Waals surface area (Å²) >= 11 is 1.47. The van der Waals surface area contributed by atoms with Crippen LogP contribution in [-0.4, -0.2) is 26.1 Å². The van der Waals surface area contributed by atoms with Crippen LogP contribution >= 0.6 is 11.3 Å². The summed E-state index contributed by atoms with van der Waals surface area (Å²) in [5.41, 5.74) is 0.954. The Labute approximate surface area is 129 Å². The number of thiophene rings is 1. The van der Waals surface area contributed by atoms with Gasteiger partial charge in [0.05, 0.1) is 11.6 Å². The Balaban J connectivity index is 2.10. The van der Waals surface area contributed by atoms with Crippen molar-refractivity contribution in [3.05, 3.63) is 50.9 Å². The third kappa shape index (κ3) is 2.25. The number of fused-ring (bicyclic) bond motifs is 1. The maximum Gasteiger partial charge on any atom is 0.282 e. The third-order valence-corrected chi connectivity index (χ3v) is 4.56. The summed E-state index contributed by atoms with van der Waals surface area (Å²) in [5, 5.41) is 23.7. The van der Waals surface area contributed by atoms with Gasteiger partial charge < -0.3 is 10.2 Å². The molecule has 6 nitrogen and oxygen atoms in total. The summed E-state index contributed by atoms with van der Waals surface area (Å²) in [7, 11) is 0. The van der Waals surface area contributed by atoms with Gasteiger partial charge in [0.2, 0.25) is 0 Å². The standard InChI is InChI=1S/C15H13N3O3S/c1-8-9(2)22-14-12(8)15(21)18(7-16-14)17-6-10-4-3-5-11(19)13(10)20/h3-7,19-20H,1-2H3/b17-6+. The number of phenolic OH excluding ortho intramolecular Hbond substituents is 2. The fourth-order valence-corrected chi connectivity index (χ4v) is 3.07. The van der Waals surface area contributed by atoms with E-state index in [2.05, 4.69) is 10.1 Å². The van der Waals surface area contributed by atoms with Crippen LogP contribution < -0.4 is 5.56 Å². The van der Waals surface area contributed by atoms with Crippen LogP contribution in [0.1, 0.15) is 16.0 Å². The van der Waals surface area contributed by atoms with Crippen LogP contribution in [-0.2, 0) is 0 Å². The van der Waals surface area contributed by atoms with Gasteiger partial charge in [-0.05, 0) is 31.5 Å². The topological polar surface area (TPSA) is 87.7 Å². The van der Waals surface area contributed by atoms with Gasteiger partial charge >= 0.3 is 0 Å². The highest BCUT2D eigenvalue weighted by molar-refractivity contribution is 7.18. The van der Waals surface area contributed by atoms with Gasteiger partial charge in [-0.2, -0.15) is 9.78 Å². The molecule has 0 radical (unpaired) electrons. The lowest BCUT2D eigenvalue weighted by molar-refractivity contribution is 0.403. The number of hydrogen-bond donors (Lipinski definition) is 2. The van der Waals surface area contributed by atoms with E-state index in [1.165, 1.54) is 29.9 Å². The molecule has 0 aliphatic heterocycles. The summed E-state index contributed by atoms with van der Waals surface area (Å²) in [4.78, 5) is 18.4. The molecule has 22 heavy (non-hydrogen) atoms. The Morgan fingerprint density at radius 1 is 1.32 bits per heavy atom. The summed E-state index contributed by atoms with van der Waals surface area (Å²) in [6.45, 7) is 3.83. The van der Waals surface area contributed by atoms with E-state index in [0.717, 1.165) is 15.1 Å². The number of phenols is 2. The molecule has 0 aliphatic carbocycles. The van der Waals surface area contributed by atoms with Crippen molar-refractivity contribution in [3.63, 3.8) is 0 Å². The predicted octanol–water partition coefficient (Wildman–Crippen LogP) is 2.37. The van der Waals surface area contributed by atoms with E-state index in [1.54, 1.807) is 12.1 Å². The first kappa shape index (κ1) is 14.3. The largest absolute Gasteiger partial charge is 0.504 e. The predicted molar refractivity (Wildman–Crippen MR) is 86.1 cm³/mol. The van der Waals surface area contributed by atoms with Gasteiger partial charge in [0.15, 0.2) is 11.5 Å². The number of para-hydroxylation sites is 1. The molecular weight excluding hydrogens is 302 g/mol. The van der Waals surface area contributed by atoms with Crippen molar-refractivity contribution in [1.29, 1.82) is 0 Å². The zero-order valence-electron chi connectivity index (χ0n) is 11.9. The maximum absolute atomic E-state index is 12.4. The third-order valence-electron chi connectivity index (χ3n) is 3.44. The Hall–Kier alpha value is -2.67. The lowest BCUT2D eigenvalue weighted by Crippen LogP contribution is -2.16. The van der Waals surface area contributed by atoms with Crippen LogP contribution in [0.15, 0.2) is 34.4 Å². The SMILES string of the molecule is Cc1sc2ncn(/N=C/c3cccc(O)c3O)c(=O)c2c1C. The van der Waals surface area contributed by atoms with Gasteiger partial charge in [-0.1, -0.05) is 6.07 Å². The number of aromatic hydroxyl groups is 2. The van der Waals surface area contributed by atoms with Crippen molar-refractivity contribution >= 4 is 27.8 Å². The highest BCUT2D eigenvalue weighted by atomic mass is 32.1. The molecular formula is C15H13N3O3S. The van der Waals surface area contributed by atoms with Gasteiger partial charge in [0.1, 0.15) is 11.2 Å². The number of aryl methyl sites for hydroxylation is 2. The number of rotatable bonds is 2. The first-order valence-electron chi connectivity index (χ1n) is 6.51. The highest BCUT2D eigenvalue weighted by Crippen LogP contribution is 2.27. The van der Waals surface area contributed by atoms with Gasteiger partial charge in [-0.25, -0.2) is 4.98 Å². The lowest BCUT2D eigenvalue weighted by Gasteiger charge is -2.01. The molecule has 2 aromatic heterocycles. The minimum Gasteiger partial charge on any atom is -0.504 e. The average Bonchev–Trinajstić information content (AvgIpc) is 2.78. The van der Waals surface area contributed by atoms with Gasteiger partial charge in [-0.15, -0.1) is 11.3 Å². The Bertz CT molecular complexity index is 957. The van der Waals surface area contributed by atoms with Crippen molar-refractivity contribution in [2.45, 2.75) is 13.8 Å². The molecule has 0 aliphatic rings. The van der Waals surface area contributed by atoms with Crippen LogP contribution in [0.3, 0.4) is 0 Å². The Morgan fingerprint density at radius 3 is 2.86 bits per heavy atom. The van der Waals surface area contributed by atoms with E-state index < -0.39 is 0 Å². The van der Waals surface area contributed by atoms with Crippen molar-refractivity contribution in [2.24, 2.45) is 5.10 Å². The quantitative estimate of drug-likeness (QED) is 0.561. The maximum atomic E-state index is 12.4. The van der Waals surface area contributed by atoms with Gasteiger partial charge in [0.25, 0.3) is 5.56 Å². The van der Waals surface area contributed by atoms with E-state index in [0.29, 0.717) is 15.8 Å². The fourth-order valence-electron chi connectivity index (χ4n) is 2.09. The molecule has 3 aromatic rings. The van der Waals surface area contributed by atoms with Crippen molar-refractivity contribution in [1.82, 2.24) is 9.66 Å². The number of benzene rings is 1. The van der Waals surface area contributed by atoms with Gasteiger partial charge in [0, 0.05) is 10.4 Å². The first-order valence-corrected chi connectivity index (χ1v) is 7.33. The molecule has 2 heterocycles. The van der Waals surface area contributed by atoms with Crippen LogP contribution in [0.2, 0.25) is 0 Å². The normalized spacial score (nSPS) is 11.5. The molecule has 0 bridgehead atoms. The van der Waals surface area contributed by atoms with E-state index in [1.807, 2.05) is 13.8 Å². The lowest BCUT2D eigenvalue weighted by atomic mass is 10.2. The minimum atomic E-state index is -0.282. The van der Waals surface area contributed by atoms with Crippen LogP contribution in [0.25, 0.3) is 10.2 Å². The van der Waals surface area contributed by atoms with Gasteiger partial charge in [-0.3, -0.25) is 4.79 Å². The second-order valence-corrected chi connectivity index (χ2v) is 6.02. The summed E-state index contributed by atoms with van der Waals surface area (Å²) in [5.74, 6) is -0.523. The van der Waals surface area contributed by atoms with Crippen molar-refractivity contribution < 1.29 is 10.2 Å². The summed E-state index contributed by atoms with van der Waals surface area (Å²) in [6, 6.07) is 4.52. The molecule has 3 rings (SSSR count). The molecule has 0 atom stereocenters. The molecule has 7 heteroatoms. The van der Waals surface area contributed by atoms with Crippen molar-refractivity contribution in [2.75, 3.05) is 0 Å². The zero-order valence-corrected chi connectivity index (χ0v) is 12.8. The number of nitrogens with zero attached hydrogens (tertiary/aromatic N) is 3. The Morgan fingerprint density at radius 2 is 2.09 bits per heavy atom. The van der Waals surface area contributed by atoms with Crippen LogP contribution in [0.4, 0.5) is 0 Å². The molecule has 112 valence electrons. The minimum absolute atomic E-state index is 0.242. The molecule has 0 fully saturated rings.